The first kappa shape index (κ1) is 25.0. The van der Waals surface area contributed by atoms with Crippen LogP contribution in [-0.4, -0.2) is 42.2 Å². The highest BCUT2D eigenvalue weighted by Gasteiger charge is 2.32. The van der Waals surface area contributed by atoms with E-state index in [1.54, 1.807) is 0 Å². The molecule has 10 heteroatoms. The molecule has 0 aromatic heterocycles. The molecule has 0 unspecified atom stereocenters. The Bertz CT molecular complexity index is 868. The van der Waals surface area contributed by atoms with Crippen LogP contribution in [0.4, 0.5) is 26.3 Å². The van der Waals surface area contributed by atoms with Gasteiger partial charge in [-0.3, -0.25) is 4.79 Å². The Balaban J connectivity index is 1.76. The van der Waals surface area contributed by atoms with Gasteiger partial charge in [0.15, 0.2) is 0 Å². The Labute approximate surface area is 186 Å². The number of hydrogen-bond donors (Lipinski definition) is 1. The summed E-state index contributed by atoms with van der Waals surface area (Å²) >= 11 is 0. The highest BCUT2D eigenvalue weighted by atomic mass is 19.4. The van der Waals surface area contributed by atoms with Crippen LogP contribution >= 0.6 is 0 Å². The van der Waals surface area contributed by atoms with E-state index in [1.165, 1.54) is 24.3 Å². The Morgan fingerprint density at radius 1 is 0.939 bits per heavy atom. The van der Waals surface area contributed by atoms with Gasteiger partial charge in [-0.15, -0.1) is 0 Å². The van der Waals surface area contributed by atoms with Crippen LogP contribution in [0.3, 0.4) is 0 Å². The molecule has 1 N–H and O–H groups in total. The number of ether oxygens (including phenoxy) is 1. The van der Waals surface area contributed by atoms with Crippen molar-refractivity contribution in [1.29, 1.82) is 0 Å². The van der Waals surface area contributed by atoms with E-state index < -0.39 is 41.5 Å². The molecule has 3 rings (SSSR count). The Hall–Kier alpha value is -2.59. The van der Waals surface area contributed by atoms with Gasteiger partial charge < -0.3 is 14.7 Å². The highest BCUT2D eigenvalue weighted by molar-refractivity contribution is 5.70. The maximum Gasteiger partial charge on any atom is 0.416 e. The van der Waals surface area contributed by atoms with Crippen LogP contribution in [-0.2, 0) is 21.9 Å². The van der Waals surface area contributed by atoms with Crippen molar-refractivity contribution in [3.63, 3.8) is 0 Å². The average Bonchev–Trinajstić information content (AvgIpc) is 2.76. The van der Waals surface area contributed by atoms with Gasteiger partial charge >= 0.3 is 18.3 Å². The molecule has 4 nitrogen and oxygen atoms in total. The summed E-state index contributed by atoms with van der Waals surface area (Å²) in [4.78, 5) is 13.2. The van der Waals surface area contributed by atoms with Crippen LogP contribution in [0.2, 0.25) is 0 Å². The number of halogens is 6. The molecule has 0 radical (unpaired) electrons. The number of carbonyl (C=O) groups is 1. The SMILES string of the molecule is O=C(O)[C@H]1CCCN(CCOC(c2ccc(C(F)(F)F)cc2)c2ccc(C(F)(F)F)cc2)C1. The van der Waals surface area contributed by atoms with Crippen molar-refractivity contribution in [2.24, 2.45) is 5.92 Å². The molecule has 1 aliphatic rings. The fraction of sp³-hybridized carbons (Fsp3) is 0.435. The fourth-order valence-electron chi connectivity index (χ4n) is 3.84. The number of carboxylic acid groups (broad SMARTS) is 1. The molecule has 1 atom stereocenters. The number of carboxylic acids is 1. The maximum absolute atomic E-state index is 12.9. The number of aliphatic carboxylic acids is 1. The van der Waals surface area contributed by atoms with Crippen LogP contribution in [0.15, 0.2) is 48.5 Å². The third kappa shape index (κ3) is 6.70. The fourth-order valence-corrected chi connectivity index (χ4v) is 3.84. The molecule has 0 saturated carbocycles. The lowest BCUT2D eigenvalue weighted by Crippen LogP contribution is -2.40. The summed E-state index contributed by atoms with van der Waals surface area (Å²) < 4.78 is 83.4. The number of nitrogens with zero attached hydrogens (tertiary/aromatic N) is 1. The first-order valence-corrected chi connectivity index (χ1v) is 10.4. The van der Waals surface area contributed by atoms with Gasteiger partial charge in [0.2, 0.25) is 0 Å². The lowest BCUT2D eigenvalue weighted by Gasteiger charge is -2.31. The monoisotopic (exact) mass is 475 g/mol. The van der Waals surface area contributed by atoms with Crippen LogP contribution in [0.1, 0.15) is 41.2 Å². The minimum absolute atomic E-state index is 0.124. The van der Waals surface area contributed by atoms with Gasteiger partial charge in [-0.25, -0.2) is 0 Å². The normalized spacial score (nSPS) is 18.0. The van der Waals surface area contributed by atoms with Crippen LogP contribution in [0.25, 0.3) is 0 Å². The van der Waals surface area contributed by atoms with E-state index in [2.05, 4.69) is 0 Å². The molecule has 0 aliphatic carbocycles. The third-order valence-electron chi connectivity index (χ3n) is 5.63. The Morgan fingerprint density at radius 3 is 1.85 bits per heavy atom. The molecular formula is C23H23F6NO3. The summed E-state index contributed by atoms with van der Waals surface area (Å²) in [6, 6.07) is 8.57. The minimum Gasteiger partial charge on any atom is -0.481 e. The largest absolute Gasteiger partial charge is 0.481 e. The Morgan fingerprint density at radius 2 is 1.42 bits per heavy atom. The first-order valence-electron chi connectivity index (χ1n) is 10.4. The first-order chi connectivity index (χ1) is 15.4. The summed E-state index contributed by atoms with van der Waals surface area (Å²) in [5, 5.41) is 9.21. The standard InChI is InChI=1S/C23H23F6NO3/c24-22(25,26)18-7-3-15(4-8-18)20(16-5-9-19(10-6-16)23(27,28)29)33-13-12-30-11-1-2-17(14-30)21(31)32/h3-10,17,20H,1-2,11-14H2,(H,31,32)/t17-/m0/s1. The maximum atomic E-state index is 12.9. The predicted molar refractivity (Wildman–Crippen MR) is 107 cm³/mol. The van der Waals surface area contributed by atoms with Gasteiger partial charge in [-0.1, -0.05) is 24.3 Å². The highest BCUT2D eigenvalue weighted by Crippen LogP contribution is 2.34. The van der Waals surface area contributed by atoms with Crippen molar-refractivity contribution in [1.82, 2.24) is 4.90 Å². The van der Waals surface area contributed by atoms with E-state index in [-0.39, 0.29) is 6.61 Å². The quantitative estimate of drug-likeness (QED) is 0.528. The number of piperidine rings is 1. The molecule has 1 aliphatic heterocycles. The van der Waals surface area contributed by atoms with E-state index in [1.807, 2.05) is 4.90 Å². The van der Waals surface area contributed by atoms with Crippen molar-refractivity contribution in [2.75, 3.05) is 26.2 Å². The molecule has 1 saturated heterocycles. The van der Waals surface area contributed by atoms with E-state index in [9.17, 15) is 36.2 Å². The molecule has 2 aromatic rings. The third-order valence-corrected chi connectivity index (χ3v) is 5.63. The second-order valence-corrected chi connectivity index (χ2v) is 7.97. The number of alkyl halides is 6. The van der Waals surface area contributed by atoms with Gasteiger partial charge in [-0.2, -0.15) is 26.3 Å². The number of benzene rings is 2. The van der Waals surface area contributed by atoms with Crippen LogP contribution in [0, 0.1) is 5.92 Å². The predicted octanol–water partition coefficient (Wildman–Crippen LogP) is 5.63. The molecular weight excluding hydrogens is 452 g/mol. The summed E-state index contributed by atoms with van der Waals surface area (Å²) in [6.07, 6.45) is -8.60. The number of hydrogen-bond acceptors (Lipinski definition) is 3. The molecule has 2 aromatic carbocycles. The average molecular weight is 475 g/mol. The zero-order valence-electron chi connectivity index (χ0n) is 17.5. The van der Waals surface area contributed by atoms with Gasteiger partial charge in [0, 0.05) is 13.1 Å². The number of likely N-dealkylation sites (tertiary alicyclic amines) is 1. The smallest absolute Gasteiger partial charge is 0.416 e. The zero-order chi connectivity index (χ0) is 24.2. The minimum atomic E-state index is -4.52. The van der Waals surface area contributed by atoms with Gasteiger partial charge in [0.05, 0.1) is 23.7 Å². The van der Waals surface area contributed by atoms with Crippen LogP contribution in [0.5, 0.6) is 0 Å². The number of rotatable bonds is 7. The zero-order valence-corrected chi connectivity index (χ0v) is 17.5. The van der Waals surface area contributed by atoms with Gasteiger partial charge in [0.25, 0.3) is 0 Å². The molecule has 1 heterocycles. The summed E-state index contributed by atoms with van der Waals surface area (Å²) in [6.45, 7) is 1.57. The van der Waals surface area contributed by atoms with Crippen molar-refractivity contribution in [3.8, 4) is 0 Å². The van der Waals surface area contributed by atoms with E-state index in [0.717, 1.165) is 30.7 Å². The molecule has 1 fully saturated rings. The molecule has 0 bridgehead atoms. The van der Waals surface area contributed by atoms with E-state index in [0.29, 0.717) is 37.2 Å². The lowest BCUT2D eigenvalue weighted by molar-refractivity contribution is -0.143. The van der Waals surface area contributed by atoms with E-state index in [4.69, 9.17) is 4.74 Å². The molecule has 180 valence electrons. The van der Waals surface area contributed by atoms with Crippen molar-refractivity contribution < 1.29 is 41.0 Å². The Kier molecular flexibility index (Phi) is 7.69. The summed E-state index contributed by atoms with van der Waals surface area (Å²) in [5.41, 5.74) is -0.953. The summed E-state index contributed by atoms with van der Waals surface area (Å²) in [7, 11) is 0. The van der Waals surface area contributed by atoms with Gasteiger partial charge in [0.1, 0.15) is 6.10 Å². The second-order valence-electron chi connectivity index (χ2n) is 7.97. The van der Waals surface area contributed by atoms with Crippen molar-refractivity contribution in [2.45, 2.75) is 31.3 Å². The van der Waals surface area contributed by atoms with Gasteiger partial charge in [-0.05, 0) is 54.8 Å². The van der Waals surface area contributed by atoms with E-state index >= 15 is 0 Å². The summed E-state index contributed by atoms with van der Waals surface area (Å²) in [5.74, 6) is -1.34. The second kappa shape index (κ2) is 10.1. The molecule has 0 amide bonds. The molecule has 0 spiro atoms. The lowest BCUT2D eigenvalue weighted by atomic mass is 9.98. The topological polar surface area (TPSA) is 49.8 Å². The van der Waals surface area contributed by atoms with Crippen LogP contribution < -0.4 is 0 Å². The van der Waals surface area contributed by atoms with Crippen molar-refractivity contribution >= 4 is 5.97 Å². The molecule has 33 heavy (non-hydrogen) atoms. The van der Waals surface area contributed by atoms with Crippen molar-refractivity contribution in [3.05, 3.63) is 70.8 Å².